The molecule has 4 aromatic rings. The molecule has 7 rings (SSSR count). The van der Waals surface area contributed by atoms with E-state index in [1.165, 1.54) is 36.5 Å². The molecule has 3 fully saturated rings. The standard InChI is InChI=1S/C57H73N9O20S2.Na/c1-4-5-6-7-18-83-36-15-13-33(14-16-36)55-60-25-43(87-55)31-9-11-32(12-10-31)50(75)61-37-21-34(68)24-59-54(79)48-49(74)28(2)26-66(48)57(81)47(41(72)23-44(58)73)64-53(78)46(40(71)19-30-8-17-39(70)42(20-30)84-88-86-85-82)63-52(77)38-22-35(69)27-65(38)56(80)45(29(3)67)62-51(37)76;/h8-17,20,25,28-29,34-35,37-38,40-41,45-49,67-72,74,82H,4-7,18-19,21-24,26-27H2,1-3H3,(H2,58,73)(H,59,79)(H,61,75)(H,62,76)(H,63,77)(H,64,78);/q;+1/p-1. The number of nitrogens with one attached hydrogen (secondary N) is 5. The number of carbonyl (C=O) groups is 8. The van der Waals surface area contributed by atoms with Crippen LogP contribution < -0.4 is 76.1 Å². The van der Waals surface area contributed by atoms with E-state index < -0.39 is 177 Å². The normalized spacial score (nSPS) is 24.9. The quantitative estimate of drug-likeness (QED) is 0.0122. The Labute approximate surface area is 541 Å². The third kappa shape index (κ3) is 19.0. The smallest absolute Gasteiger partial charge is 0.691 e. The Bertz CT molecular complexity index is 3100. The molecule has 0 aliphatic carbocycles. The molecule has 29 nitrogen and oxygen atoms in total. The number of aliphatic hydroxyl groups excluding tert-OH is 6. The number of carbonyl (C=O) groups excluding carboxylic acids is 8. The van der Waals surface area contributed by atoms with Crippen LogP contribution in [0.2, 0.25) is 0 Å². The van der Waals surface area contributed by atoms with Crippen LogP contribution in [0, 0.1) is 5.92 Å². The Balaban J connectivity index is 0.0000126. The molecule has 4 heterocycles. The second-order valence-corrected chi connectivity index (χ2v) is 23.3. The maximum absolute atomic E-state index is 14.7. The van der Waals surface area contributed by atoms with Crippen molar-refractivity contribution in [3.05, 3.63) is 84.1 Å². The average molecular weight is 1290 g/mol. The Morgan fingerprint density at radius 1 is 0.820 bits per heavy atom. The van der Waals surface area contributed by atoms with Gasteiger partial charge in [-0.05, 0) is 73.0 Å². The molecule has 3 aromatic carbocycles. The number of phenolic OH excluding ortho intramolecular Hbond substituents is 1. The van der Waals surface area contributed by atoms with E-state index in [4.69, 9.17) is 14.7 Å². The summed E-state index contributed by atoms with van der Waals surface area (Å²) >= 11 is 1.40. The molecule has 32 heteroatoms. The summed E-state index contributed by atoms with van der Waals surface area (Å²) in [5.74, 6) is -10.4. The number of ether oxygens (including phenoxy) is 1. The number of thiazole rings is 1. The van der Waals surface area contributed by atoms with Crippen LogP contribution in [-0.4, -0.2) is 197 Å². The number of aromatic nitrogens is 1. The van der Waals surface area contributed by atoms with Gasteiger partial charge in [-0.1, -0.05) is 51.3 Å². The molecule has 0 bridgehead atoms. The Morgan fingerprint density at radius 2 is 1.49 bits per heavy atom. The molecule has 3 saturated heterocycles. The molecule has 14 N–H and O–H groups in total. The van der Waals surface area contributed by atoms with E-state index in [0.717, 1.165) is 75.7 Å². The zero-order valence-electron chi connectivity index (χ0n) is 49.1. The fraction of sp³-hybridized carbons (Fsp3) is 0.491. The molecule has 478 valence electrons. The van der Waals surface area contributed by atoms with Gasteiger partial charge in [-0.2, -0.15) is 0 Å². The molecule has 13 atom stereocenters. The summed E-state index contributed by atoms with van der Waals surface area (Å²) in [6.07, 6.45) is -7.61. The summed E-state index contributed by atoms with van der Waals surface area (Å²) in [7, 11) is 0. The number of aliphatic hydroxyl groups is 6. The zero-order valence-corrected chi connectivity index (χ0v) is 52.7. The SMILES string of the molecule is CCCCCCOc1ccc(-c2ncc(-c3ccc(C(=O)NC4CC(O)CNC(=O)C5C(O)C(C)CN5C(=O)C(C(O)CC(N)=O)NC(=O)C(C(O)Cc5ccc(O)c(OSOO[O-])c5)NC(=O)C5CC(O)CN5C(=O)C(C(C)O)NC4=O)cc3)s2)cc1.[Na+]. The third-order valence-corrected chi connectivity index (χ3v) is 16.6. The van der Waals surface area contributed by atoms with Crippen LogP contribution in [0.1, 0.15) is 81.6 Å². The molecule has 0 saturated carbocycles. The number of fused-ring (bicyclic) bond motifs is 2. The Kier molecular flexibility index (Phi) is 26.9. The Hall–Kier alpha value is -6.56. The predicted molar refractivity (Wildman–Crippen MR) is 310 cm³/mol. The number of phenols is 1. The molecule has 0 spiro atoms. The number of rotatable bonds is 21. The molecular weight excluding hydrogens is 1220 g/mol. The largest absolute Gasteiger partial charge is 1.00 e. The van der Waals surface area contributed by atoms with Crippen LogP contribution in [0.15, 0.2) is 72.9 Å². The number of nitrogens with two attached hydrogens (primary N) is 1. The molecule has 13 unspecified atom stereocenters. The predicted octanol–water partition coefficient (Wildman–Crippen LogP) is -4.86. The van der Waals surface area contributed by atoms with Crippen molar-refractivity contribution in [2.75, 3.05) is 26.2 Å². The van der Waals surface area contributed by atoms with E-state index in [2.05, 4.69) is 47.9 Å². The molecule has 1 aromatic heterocycles. The number of hydrogen-bond acceptors (Lipinski definition) is 23. The van der Waals surface area contributed by atoms with Crippen molar-refractivity contribution >= 4 is 70.9 Å². The van der Waals surface area contributed by atoms with Crippen LogP contribution in [0.4, 0.5) is 0 Å². The van der Waals surface area contributed by atoms with Gasteiger partial charge in [-0.25, -0.2) is 4.98 Å². The van der Waals surface area contributed by atoms with Crippen LogP contribution in [-0.2, 0) is 49.4 Å². The Morgan fingerprint density at radius 3 is 2.17 bits per heavy atom. The van der Waals surface area contributed by atoms with Gasteiger partial charge in [-0.15, -0.1) is 15.7 Å². The summed E-state index contributed by atoms with van der Waals surface area (Å²) < 4.78 is 15.0. The fourth-order valence-corrected chi connectivity index (χ4v) is 11.6. The number of aromatic hydroxyl groups is 1. The molecule has 3 aliphatic heterocycles. The third-order valence-electron chi connectivity index (χ3n) is 15.1. The first-order chi connectivity index (χ1) is 42.0. The van der Waals surface area contributed by atoms with Gasteiger partial charge in [0.25, 0.3) is 18.2 Å². The fourth-order valence-electron chi connectivity index (χ4n) is 10.4. The van der Waals surface area contributed by atoms with Crippen molar-refractivity contribution in [2.24, 2.45) is 11.7 Å². The first kappa shape index (κ1) is 71.5. The van der Waals surface area contributed by atoms with Crippen LogP contribution in [0.25, 0.3) is 21.0 Å². The van der Waals surface area contributed by atoms with Crippen LogP contribution in [0.3, 0.4) is 0 Å². The van der Waals surface area contributed by atoms with Crippen molar-refractivity contribution in [3.63, 3.8) is 0 Å². The van der Waals surface area contributed by atoms with Gasteiger partial charge in [0.1, 0.15) is 47.0 Å². The molecule has 89 heavy (non-hydrogen) atoms. The maximum atomic E-state index is 14.7. The van der Waals surface area contributed by atoms with E-state index in [-0.39, 0.29) is 58.8 Å². The van der Waals surface area contributed by atoms with E-state index in [9.17, 15) is 79.4 Å². The van der Waals surface area contributed by atoms with E-state index >= 15 is 0 Å². The van der Waals surface area contributed by atoms with Gasteiger partial charge in [-0.3, -0.25) is 43.4 Å². The van der Waals surface area contributed by atoms with Gasteiger partial charge in [0.15, 0.2) is 11.5 Å². The number of unbranched alkanes of at least 4 members (excludes halogenated alkanes) is 3. The van der Waals surface area contributed by atoms with Gasteiger partial charge >= 0.3 is 29.6 Å². The molecule has 8 amide bonds. The molecular formula is C57H72N9NaO20S2. The van der Waals surface area contributed by atoms with E-state index in [1.807, 2.05) is 24.3 Å². The van der Waals surface area contributed by atoms with Crippen LogP contribution >= 0.6 is 23.7 Å². The average Bonchev–Trinajstić information content (AvgIpc) is 3.18. The summed E-state index contributed by atoms with van der Waals surface area (Å²) in [5.41, 5.74) is 7.06. The maximum Gasteiger partial charge on any atom is 1.00 e. The van der Waals surface area contributed by atoms with Crippen LogP contribution in [0.5, 0.6) is 17.2 Å². The van der Waals surface area contributed by atoms with Gasteiger partial charge in [0.2, 0.25) is 41.4 Å². The number of amides is 8. The minimum atomic E-state index is -2.22. The summed E-state index contributed by atoms with van der Waals surface area (Å²) in [6.45, 7) is 3.63. The molecule has 0 radical (unpaired) electrons. The second-order valence-electron chi connectivity index (χ2n) is 21.8. The molecule has 3 aliphatic rings. The van der Waals surface area contributed by atoms with Crippen molar-refractivity contribution < 1.29 is 127 Å². The summed E-state index contributed by atoms with van der Waals surface area (Å²) in [6, 6.07) is 5.62. The minimum absolute atomic E-state index is 0. The number of primary amides is 1. The minimum Gasteiger partial charge on any atom is -0.691 e. The number of nitrogens with zero attached hydrogens (tertiary/aromatic N) is 3. The van der Waals surface area contributed by atoms with Crippen molar-refractivity contribution in [3.8, 4) is 38.3 Å². The number of β-amino-alcohol motifs (C(OH)–C–C–N with tert-alkyl or cyclic N) is 1. The van der Waals surface area contributed by atoms with Crippen molar-refractivity contribution in [1.29, 1.82) is 0 Å². The first-order valence-corrected chi connectivity index (χ1v) is 29.8. The second kappa shape index (κ2) is 33.5. The van der Waals surface area contributed by atoms with E-state index in [1.54, 1.807) is 18.3 Å². The summed E-state index contributed by atoms with van der Waals surface area (Å²) in [4.78, 5) is 120. The zero-order chi connectivity index (χ0) is 63.9. The van der Waals surface area contributed by atoms with Crippen molar-refractivity contribution in [1.82, 2.24) is 41.4 Å². The van der Waals surface area contributed by atoms with Gasteiger partial charge < -0.3 is 92.0 Å². The van der Waals surface area contributed by atoms with Crippen molar-refractivity contribution in [2.45, 2.75) is 145 Å². The first-order valence-electron chi connectivity index (χ1n) is 28.4. The van der Waals surface area contributed by atoms with Gasteiger partial charge in [0.05, 0.1) is 54.5 Å². The number of benzene rings is 3. The number of hydrogen-bond donors (Lipinski definition) is 13. The van der Waals surface area contributed by atoms with Gasteiger partial charge in [0, 0.05) is 62.1 Å². The van der Waals surface area contributed by atoms with E-state index in [0.29, 0.717) is 12.2 Å². The topological polar surface area (TPSA) is 444 Å². The monoisotopic (exact) mass is 1290 g/mol. The summed E-state index contributed by atoms with van der Waals surface area (Å²) in [5, 5.41) is 105.